The lowest BCUT2D eigenvalue weighted by molar-refractivity contribution is 0.114. The molecular weight excluding hydrogens is 362 g/mol. The minimum absolute atomic E-state index is 0.271. The van der Waals surface area contributed by atoms with E-state index in [-0.39, 0.29) is 6.10 Å². The fourth-order valence-corrected chi connectivity index (χ4v) is 3.94. The van der Waals surface area contributed by atoms with E-state index in [1.54, 1.807) is 12.3 Å². The lowest BCUT2D eigenvalue weighted by Crippen LogP contribution is -2.35. The maximum absolute atomic E-state index is 9.16. The van der Waals surface area contributed by atoms with E-state index in [4.69, 9.17) is 10.00 Å². The zero-order valence-electron chi connectivity index (χ0n) is 16.2. The van der Waals surface area contributed by atoms with E-state index in [0.29, 0.717) is 5.69 Å². The van der Waals surface area contributed by atoms with Gasteiger partial charge in [-0.05, 0) is 49.7 Å². The Bertz CT molecular complexity index is 1230. The molecule has 0 amide bonds. The Morgan fingerprint density at radius 1 is 1.07 bits per heavy atom. The van der Waals surface area contributed by atoms with Gasteiger partial charge in [0.15, 0.2) is 0 Å². The van der Waals surface area contributed by atoms with Crippen LogP contribution in [0.5, 0.6) is 5.75 Å². The standard InChI is InChI=1S/C23H21N5O/c1-28-7-5-18(6-8-28)29-19-4-2-3-15(9-19)16-10-21-20-11-17(12-24)25-14-22(20)27-23(21)26-13-16/h2-4,9-11,13-14,18H,5-8H2,1H3,(H,26,27). The molecule has 1 saturated heterocycles. The molecule has 1 fully saturated rings. The molecular formula is C23H21N5O. The molecule has 29 heavy (non-hydrogen) atoms. The number of hydrogen-bond donors (Lipinski definition) is 1. The van der Waals surface area contributed by atoms with Gasteiger partial charge in [0.1, 0.15) is 29.3 Å². The van der Waals surface area contributed by atoms with E-state index < -0.39 is 0 Å². The normalized spacial score (nSPS) is 15.6. The van der Waals surface area contributed by atoms with E-state index in [2.05, 4.69) is 51.2 Å². The van der Waals surface area contributed by atoms with Crippen LogP contribution in [0, 0.1) is 11.3 Å². The number of aromatic amines is 1. The van der Waals surface area contributed by atoms with Gasteiger partial charge in [-0.3, -0.25) is 0 Å². The zero-order chi connectivity index (χ0) is 19.8. The van der Waals surface area contributed by atoms with Gasteiger partial charge >= 0.3 is 0 Å². The van der Waals surface area contributed by atoms with Gasteiger partial charge in [0.25, 0.3) is 0 Å². The highest BCUT2D eigenvalue weighted by molar-refractivity contribution is 6.06. The molecule has 5 rings (SSSR count). The number of hydrogen-bond acceptors (Lipinski definition) is 5. The highest BCUT2D eigenvalue weighted by Crippen LogP contribution is 2.30. The van der Waals surface area contributed by atoms with Crippen LogP contribution >= 0.6 is 0 Å². The molecule has 6 nitrogen and oxygen atoms in total. The quantitative estimate of drug-likeness (QED) is 0.576. The third-order valence-electron chi connectivity index (χ3n) is 5.59. The summed E-state index contributed by atoms with van der Waals surface area (Å²) < 4.78 is 6.24. The van der Waals surface area contributed by atoms with Crippen LogP contribution in [0.25, 0.3) is 33.1 Å². The smallest absolute Gasteiger partial charge is 0.141 e. The van der Waals surface area contributed by atoms with E-state index in [1.165, 1.54) is 0 Å². The van der Waals surface area contributed by atoms with Crippen molar-refractivity contribution in [3.05, 3.63) is 54.5 Å². The third-order valence-corrected chi connectivity index (χ3v) is 5.59. The number of fused-ring (bicyclic) bond motifs is 3. The molecule has 1 N–H and O–H groups in total. The second-order valence-corrected chi connectivity index (χ2v) is 7.62. The van der Waals surface area contributed by atoms with Gasteiger partial charge in [0, 0.05) is 35.6 Å². The summed E-state index contributed by atoms with van der Waals surface area (Å²) in [6.07, 6.45) is 5.93. The fraction of sp³-hybridized carbons (Fsp3) is 0.261. The Morgan fingerprint density at radius 2 is 1.93 bits per heavy atom. The second kappa shape index (κ2) is 7.19. The van der Waals surface area contributed by atoms with E-state index in [1.807, 2.05) is 18.3 Å². The molecule has 0 aliphatic carbocycles. The van der Waals surface area contributed by atoms with Crippen LogP contribution in [0.3, 0.4) is 0 Å². The van der Waals surface area contributed by atoms with Crippen molar-refractivity contribution in [2.24, 2.45) is 0 Å². The van der Waals surface area contributed by atoms with Crippen molar-refractivity contribution in [2.75, 3.05) is 20.1 Å². The molecule has 3 aromatic heterocycles. The van der Waals surface area contributed by atoms with Crippen molar-refractivity contribution in [1.29, 1.82) is 5.26 Å². The Balaban J connectivity index is 1.48. The molecule has 0 atom stereocenters. The summed E-state index contributed by atoms with van der Waals surface area (Å²) in [4.78, 5) is 14.3. The van der Waals surface area contributed by atoms with E-state index in [9.17, 15) is 0 Å². The van der Waals surface area contributed by atoms with Crippen LogP contribution in [-0.4, -0.2) is 46.1 Å². The number of nitriles is 1. The summed E-state index contributed by atoms with van der Waals surface area (Å²) in [5.74, 6) is 0.895. The monoisotopic (exact) mass is 383 g/mol. The first-order valence-corrected chi connectivity index (χ1v) is 9.83. The number of piperidine rings is 1. The molecule has 4 aromatic rings. The van der Waals surface area contributed by atoms with Crippen molar-refractivity contribution in [3.63, 3.8) is 0 Å². The number of likely N-dealkylation sites (tertiary alicyclic amines) is 1. The van der Waals surface area contributed by atoms with Crippen LogP contribution < -0.4 is 4.74 Å². The van der Waals surface area contributed by atoms with Crippen LogP contribution in [0.4, 0.5) is 0 Å². The predicted octanol–water partition coefficient (Wildman–Crippen LogP) is 4.12. The first-order valence-electron chi connectivity index (χ1n) is 9.83. The minimum Gasteiger partial charge on any atom is -0.490 e. The molecule has 1 aromatic carbocycles. The SMILES string of the molecule is CN1CCC(Oc2cccc(-c3cnc4[nH]c5cnc(C#N)cc5c4c3)c2)CC1. The summed E-state index contributed by atoms with van der Waals surface area (Å²) >= 11 is 0. The van der Waals surface area contributed by atoms with Crippen LogP contribution in [0.1, 0.15) is 18.5 Å². The van der Waals surface area contributed by atoms with Gasteiger partial charge < -0.3 is 14.6 Å². The first kappa shape index (κ1) is 17.7. The summed E-state index contributed by atoms with van der Waals surface area (Å²) in [6.45, 7) is 2.15. The maximum atomic E-state index is 9.16. The highest BCUT2D eigenvalue weighted by atomic mass is 16.5. The summed E-state index contributed by atoms with van der Waals surface area (Å²) in [5.41, 5.74) is 4.15. The number of H-pyrrole nitrogens is 1. The molecule has 144 valence electrons. The van der Waals surface area contributed by atoms with Crippen LogP contribution in [-0.2, 0) is 0 Å². The molecule has 1 aliphatic rings. The number of nitrogens with zero attached hydrogens (tertiary/aromatic N) is 4. The number of benzene rings is 1. The molecule has 0 radical (unpaired) electrons. The Morgan fingerprint density at radius 3 is 2.76 bits per heavy atom. The van der Waals surface area contributed by atoms with Gasteiger partial charge in [0.05, 0.1) is 11.7 Å². The summed E-state index contributed by atoms with van der Waals surface area (Å²) in [7, 11) is 2.15. The molecule has 0 saturated carbocycles. The van der Waals surface area contributed by atoms with Crippen molar-refractivity contribution < 1.29 is 4.74 Å². The second-order valence-electron chi connectivity index (χ2n) is 7.62. The van der Waals surface area contributed by atoms with Crippen molar-refractivity contribution >= 4 is 21.9 Å². The lowest BCUT2D eigenvalue weighted by Gasteiger charge is -2.29. The van der Waals surface area contributed by atoms with Gasteiger partial charge in [0.2, 0.25) is 0 Å². The minimum atomic E-state index is 0.271. The molecule has 0 spiro atoms. The average Bonchev–Trinajstić information content (AvgIpc) is 3.12. The van der Waals surface area contributed by atoms with Gasteiger partial charge in [-0.25, -0.2) is 9.97 Å². The van der Waals surface area contributed by atoms with Crippen molar-refractivity contribution in [1.82, 2.24) is 19.9 Å². The van der Waals surface area contributed by atoms with E-state index in [0.717, 1.165) is 64.7 Å². The largest absolute Gasteiger partial charge is 0.490 e. The lowest BCUT2D eigenvalue weighted by atomic mass is 10.0. The summed E-state index contributed by atoms with van der Waals surface area (Å²) in [5, 5.41) is 11.1. The molecule has 6 heteroatoms. The van der Waals surface area contributed by atoms with Gasteiger partial charge in [-0.15, -0.1) is 0 Å². The first-order chi connectivity index (χ1) is 14.2. The number of aromatic nitrogens is 3. The number of pyridine rings is 2. The Labute approximate surface area is 168 Å². The Kier molecular flexibility index (Phi) is 4.38. The van der Waals surface area contributed by atoms with Crippen LogP contribution in [0.2, 0.25) is 0 Å². The highest BCUT2D eigenvalue weighted by Gasteiger charge is 2.18. The predicted molar refractivity (Wildman–Crippen MR) is 113 cm³/mol. The zero-order valence-corrected chi connectivity index (χ0v) is 16.2. The fourth-order valence-electron chi connectivity index (χ4n) is 3.94. The van der Waals surface area contributed by atoms with Gasteiger partial charge in [-0.2, -0.15) is 5.26 Å². The Hall–Kier alpha value is -3.43. The molecule has 0 unspecified atom stereocenters. The maximum Gasteiger partial charge on any atom is 0.141 e. The summed E-state index contributed by atoms with van der Waals surface area (Å²) in [6, 6.07) is 14.2. The average molecular weight is 383 g/mol. The molecule has 1 aliphatic heterocycles. The van der Waals surface area contributed by atoms with Crippen LogP contribution in [0.15, 0.2) is 48.8 Å². The molecule has 4 heterocycles. The van der Waals surface area contributed by atoms with Gasteiger partial charge in [-0.1, -0.05) is 12.1 Å². The van der Waals surface area contributed by atoms with Crippen molar-refractivity contribution in [3.8, 4) is 22.9 Å². The third kappa shape index (κ3) is 3.41. The van der Waals surface area contributed by atoms with E-state index >= 15 is 0 Å². The molecule has 0 bridgehead atoms. The number of nitrogens with one attached hydrogen (secondary N) is 1. The number of ether oxygens (including phenoxy) is 1. The number of rotatable bonds is 3. The topological polar surface area (TPSA) is 77.8 Å². The van der Waals surface area contributed by atoms with Crippen molar-refractivity contribution in [2.45, 2.75) is 18.9 Å².